The molecule has 0 spiro atoms. The van der Waals surface area contributed by atoms with E-state index in [9.17, 15) is 4.79 Å². The van der Waals surface area contributed by atoms with Gasteiger partial charge in [0.1, 0.15) is 5.50 Å². The predicted molar refractivity (Wildman–Crippen MR) is 88.7 cm³/mol. The first-order chi connectivity index (χ1) is 9.81. The molecule has 0 amide bonds. The summed E-state index contributed by atoms with van der Waals surface area (Å²) in [5.41, 5.74) is 0.178. The second-order valence-electron chi connectivity index (χ2n) is 5.95. The zero-order valence-electron chi connectivity index (χ0n) is 14.2. The average molecular weight is 312 g/mol. The zero-order chi connectivity index (χ0) is 16.2. The third-order valence-corrected chi connectivity index (χ3v) is 4.85. The van der Waals surface area contributed by atoms with Gasteiger partial charge in [0.2, 0.25) is 0 Å². The first-order valence-corrected chi connectivity index (χ1v) is 8.57. The van der Waals surface area contributed by atoms with Crippen molar-refractivity contribution in [3.63, 3.8) is 0 Å². The van der Waals surface area contributed by atoms with E-state index in [1.165, 1.54) is 11.8 Å². The molecule has 21 heavy (non-hydrogen) atoms. The monoisotopic (exact) mass is 312 g/mol. The number of rotatable bonds is 4. The van der Waals surface area contributed by atoms with Crippen LogP contribution in [-0.2, 0) is 9.53 Å². The molecule has 1 aliphatic rings. The first-order valence-electron chi connectivity index (χ1n) is 7.69. The van der Waals surface area contributed by atoms with E-state index in [0.717, 1.165) is 0 Å². The van der Waals surface area contributed by atoms with Crippen molar-refractivity contribution in [2.45, 2.75) is 78.1 Å². The van der Waals surface area contributed by atoms with Crippen LogP contribution in [0.1, 0.15) is 48.5 Å². The van der Waals surface area contributed by atoms with Crippen LogP contribution >= 0.6 is 11.8 Å². The molecule has 2 unspecified atom stereocenters. The van der Waals surface area contributed by atoms with Gasteiger partial charge in [0, 0.05) is 30.1 Å². The number of hydrogen-bond acceptors (Lipinski definition) is 5. The third-order valence-electron chi connectivity index (χ3n) is 3.93. The zero-order valence-corrected chi connectivity index (χ0v) is 15.0. The van der Waals surface area contributed by atoms with E-state index in [-0.39, 0.29) is 5.50 Å². The Morgan fingerprint density at radius 1 is 1.14 bits per heavy atom. The van der Waals surface area contributed by atoms with Gasteiger partial charge in [-0.2, -0.15) is 0 Å². The maximum atomic E-state index is 11.3. The highest BCUT2D eigenvalue weighted by Crippen LogP contribution is 2.36. The highest BCUT2D eigenvalue weighted by atomic mass is 32.2. The number of hydrogen-bond donors (Lipinski definition) is 0. The SMILES string of the molecule is CCOC(=O)C#CSC1N(C(C)C)C(C)C(C)N1C(C)C. The summed E-state index contributed by atoms with van der Waals surface area (Å²) in [4.78, 5) is 16.3. The normalized spacial score (nSPS) is 27.0. The van der Waals surface area contributed by atoms with Gasteiger partial charge in [0.25, 0.3) is 0 Å². The fourth-order valence-electron chi connectivity index (χ4n) is 2.92. The van der Waals surface area contributed by atoms with Gasteiger partial charge in [-0.25, -0.2) is 4.79 Å². The lowest BCUT2D eigenvalue weighted by Gasteiger charge is -2.34. The van der Waals surface area contributed by atoms with Gasteiger partial charge in [0.05, 0.1) is 6.61 Å². The molecule has 1 fully saturated rings. The fourth-order valence-corrected chi connectivity index (χ4v) is 4.28. The van der Waals surface area contributed by atoms with Gasteiger partial charge < -0.3 is 4.74 Å². The molecule has 1 aliphatic heterocycles. The molecule has 0 saturated carbocycles. The van der Waals surface area contributed by atoms with Gasteiger partial charge in [-0.05, 0) is 65.5 Å². The summed E-state index contributed by atoms with van der Waals surface area (Å²) in [6.07, 6.45) is 0. The molecule has 1 rings (SSSR count). The van der Waals surface area contributed by atoms with E-state index in [1.807, 2.05) is 0 Å². The molecular weight excluding hydrogens is 284 g/mol. The van der Waals surface area contributed by atoms with Crippen molar-refractivity contribution in [2.75, 3.05) is 6.61 Å². The lowest BCUT2D eigenvalue weighted by atomic mass is 10.1. The number of carbonyl (C=O) groups is 1. The van der Waals surface area contributed by atoms with Crippen LogP contribution in [0.5, 0.6) is 0 Å². The summed E-state index contributed by atoms with van der Waals surface area (Å²) in [6.45, 7) is 15.5. The predicted octanol–water partition coefficient (Wildman–Crippen LogP) is 2.74. The molecule has 2 atom stereocenters. The quantitative estimate of drug-likeness (QED) is 0.589. The van der Waals surface area contributed by atoms with Gasteiger partial charge in [0.15, 0.2) is 0 Å². The molecule has 4 nitrogen and oxygen atoms in total. The molecular formula is C16H28N2O2S. The Morgan fingerprint density at radius 3 is 2.00 bits per heavy atom. The molecule has 1 heterocycles. The largest absolute Gasteiger partial charge is 0.456 e. The van der Waals surface area contributed by atoms with Crippen molar-refractivity contribution in [2.24, 2.45) is 0 Å². The Balaban J connectivity index is 2.89. The third kappa shape index (κ3) is 4.38. The molecule has 1 saturated heterocycles. The Hall–Kier alpha value is -0.700. The molecule has 0 aromatic heterocycles. The summed E-state index contributed by atoms with van der Waals surface area (Å²) >= 11 is 1.51. The Labute approximate surface area is 133 Å². The molecule has 5 heteroatoms. The van der Waals surface area contributed by atoms with Crippen molar-refractivity contribution in [1.29, 1.82) is 0 Å². The Morgan fingerprint density at radius 2 is 1.62 bits per heavy atom. The van der Waals surface area contributed by atoms with Gasteiger partial charge in [-0.3, -0.25) is 9.80 Å². The number of nitrogens with zero attached hydrogens (tertiary/aromatic N) is 2. The highest BCUT2D eigenvalue weighted by molar-refractivity contribution is 8.04. The van der Waals surface area contributed by atoms with Crippen molar-refractivity contribution in [1.82, 2.24) is 9.80 Å². The number of esters is 1. The Bertz CT molecular complexity index is 394. The smallest absolute Gasteiger partial charge is 0.385 e. The standard InChI is InChI=1S/C16H28N2O2S/c1-8-20-15(19)9-10-21-16-17(11(2)3)13(6)14(7)18(16)12(4)5/h11-14,16H,8H2,1-7H3. The molecule has 0 aromatic carbocycles. The minimum Gasteiger partial charge on any atom is -0.456 e. The number of carbonyl (C=O) groups excluding carboxylic acids is 1. The van der Waals surface area contributed by atoms with Crippen LogP contribution in [0.2, 0.25) is 0 Å². The van der Waals surface area contributed by atoms with Crippen LogP contribution in [0.4, 0.5) is 0 Å². The summed E-state index contributed by atoms with van der Waals surface area (Å²) in [7, 11) is 0. The second-order valence-corrected chi connectivity index (χ2v) is 6.82. The van der Waals surface area contributed by atoms with Crippen LogP contribution in [0.25, 0.3) is 0 Å². The molecule has 0 bridgehead atoms. The highest BCUT2D eigenvalue weighted by Gasteiger charge is 2.44. The topological polar surface area (TPSA) is 32.8 Å². The van der Waals surface area contributed by atoms with E-state index in [0.29, 0.717) is 30.8 Å². The second kappa shape index (κ2) is 8.07. The van der Waals surface area contributed by atoms with E-state index in [1.54, 1.807) is 6.92 Å². The number of thioether (sulfide) groups is 1. The fraction of sp³-hybridized carbons (Fsp3) is 0.812. The molecule has 0 aromatic rings. The van der Waals surface area contributed by atoms with E-state index >= 15 is 0 Å². The van der Waals surface area contributed by atoms with Crippen molar-refractivity contribution in [3.05, 3.63) is 0 Å². The molecule has 120 valence electrons. The van der Waals surface area contributed by atoms with Crippen LogP contribution in [-0.4, -0.2) is 52.0 Å². The maximum Gasteiger partial charge on any atom is 0.385 e. The van der Waals surface area contributed by atoms with E-state index in [2.05, 4.69) is 62.5 Å². The van der Waals surface area contributed by atoms with E-state index in [4.69, 9.17) is 4.74 Å². The van der Waals surface area contributed by atoms with Crippen molar-refractivity contribution >= 4 is 17.7 Å². The summed E-state index contributed by atoms with van der Waals surface area (Å²) in [5.74, 6) is 2.11. The van der Waals surface area contributed by atoms with Crippen LogP contribution in [0.3, 0.4) is 0 Å². The Kier molecular flexibility index (Phi) is 7.05. The summed E-state index contributed by atoms with van der Waals surface area (Å²) in [5, 5.41) is 2.93. The van der Waals surface area contributed by atoms with Gasteiger partial charge >= 0.3 is 5.97 Å². The van der Waals surface area contributed by atoms with Crippen molar-refractivity contribution in [3.8, 4) is 11.2 Å². The molecule has 0 aliphatic carbocycles. The molecule has 0 radical (unpaired) electrons. The van der Waals surface area contributed by atoms with Crippen LogP contribution in [0.15, 0.2) is 0 Å². The lowest BCUT2D eigenvalue weighted by Crippen LogP contribution is -2.44. The first kappa shape index (κ1) is 18.3. The summed E-state index contributed by atoms with van der Waals surface area (Å²) < 4.78 is 4.84. The van der Waals surface area contributed by atoms with Crippen LogP contribution < -0.4 is 0 Å². The minimum absolute atomic E-state index is 0.178. The maximum absolute atomic E-state index is 11.3. The average Bonchev–Trinajstić information content (AvgIpc) is 2.62. The van der Waals surface area contributed by atoms with Crippen LogP contribution in [0, 0.1) is 11.2 Å². The molecule has 0 N–H and O–H groups in total. The minimum atomic E-state index is -0.448. The summed E-state index contributed by atoms with van der Waals surface area (Å²) in [6, 6.07) is 1.81. The van der Waals surface area contributed by atoms with Gasteiger partial charge in [-0.1, -0.05) is 0 Å². The number of ether oxygens (including phenoxy) is 1. The van der Waals surface area contributed by atoms with E-state index < -0.39 is 5.97 Å². The van der Waals surface area contributed by atoms with Gasteiger partial charge in [-0.15, -0.1) is 0 Å². The van der Waals surface area contributed by atoms with Crippen molar-refractivity contribution < 1.29 is 9.53 Å². The lowest BCUT2D eigenvalue weighted by molar-refractivity contribution is -0.136.